The number of sulfone groups is 1. The minimum absolute atomic E-state index is 0.0869. The molecular formula is C11H16N2O4S. The number of rotatable bonds is 3. The first-order chi connectivity index (χ1) is 8.47. The van der Waals surface area contributed by atoms with Gasteiger partial charge in [0.1, 0.15) is 10.9 Å². The van der Waals surface area contributed by atoms with Gasteiger partial charge in [-0.05, 0) is 12.8 Å². The molecule has 1 aromatic rings. The minimum atomic E-state index is -3.34. The van der Waals surface area contributed by atoms with E-state index < -0.39 is 20.9 Å². The fourth-order valence-corrected chi connectivity index (χ4v) is 4.10. The molecule has 0 aromatic carbocycles. The molecule has 0 aliphatic carbocycles. The predicted octanol–water partition coefficient (Wildman–Crippen LogP) is 0.579. The van der Waals surface area contributed by atoms with Gasteiger partial charge in [0.2, 0.25) is 5.78 Å². The summed E-state index contributed by atoms with van der Waals surface area (Å²) in [5, 5.41) is 2.98. The number of carbonyl (C=O) groups is 1. The Morgan fingerprint density at radius 3 is 2.83 bits per heavy atom. The van der Waals surface area contributed by atoms with Crippen LogP contribution in [0.4, 0.5) is 0 Å². The molecule has 0 amide bonds. The van der Waals surface area contributed by atoms with Crippen molar-refractivity contribution in [2.45, 2.75) is 24.5 Å². The number of methoxy groups -OCH3 is 1. The van der Waals surface area contributed by atoms with Crippen molar-refractivity contribution in [3.8, 4) is 5.75 Å². The van der Waals surface area contributed by atoms with Crippen LogP contribution in [-0.2, 0) is 16.9 Å². The molecule has 0 spiro atoms. The van der Waals surface area contributed by atoms with Gasteiger partial charge in [0.05, 0.1) is 19.1 Å². The molecule has 1 aliphatic heterocycles. The van der Waals surface area contributed by atoms with Gasteiger partial charge < -0.3 is 4.74 Å². The molecule has 0 N–H and O–H groups in total. The second-order valence-electron chi connectivity index (χ2n) is 4.40. The lowest BCUT2D eigenvalue weighted by atomic mass is 10.1. The molecule has 0 radical (unpaired) electrons. The van der Waals surface area contributed by atoms with Crippen molar-refractivity contribution in [3.05, 3.63) is 11.9 Å². The van der Waals surface area contributed by atoms with Crippen LogP contribution in [0.25, 0.3) is 0 Å². The highest BCUT2D eigenvalue weighted by molar-refractivity contribution is 7.92. The standard InChI is InChI=1S/C11H16N2O4S/c1-13-10(8(17-2)7-12-13)11(14)9-5-3-4-6-18(9,15)16/h7,9H,3-6H2,1-2H3. The quantitative estimate of drug-likeness (QED) is 0.752. The molecule has 1 fully saturated rings. The third kappa shape index (κ3) is 2.14. The minimum Gasteiger partial charge on any atom is -0.493 e. The Kier molecular flexibility index (Phi) is 3.43. The fourth-order valence-electron chi connectivity index (χ4n) is 2.25. The van der Waals surface area contributed by atoms with E-state index in [-0.39, 0.29) is 11.4 Å². The zero-order chi connectivity index (χ0) is 13.3. The summed E-state index contributed by atoms with van der Waals surface area (Å²) in [4.78, 5) is 12.4. The SMILES string of the molecule is COc1cnn(C)c1C(=O)C1CCCCS1(=O)=O. The Bertz CT molecular complexity index is 562. The van der Waals surface area contributed by atoms with Gasteiger partial charge in [0, 0.05) is 7.05 Å². The lowest BCUT2D eigenvalue weighted by Crippen LogP contribution is -2.36. The van der Waals surface area contributed by atoms with E-state index in [9.17, 15) is 13.2 Å². The van der Waals surface area contributed by atoms with Crippen LogP contribution >= 0.6 is 0 Å². The number of hydrogen-bond donors (Lipinski definition) is 0. The summed E-state index contributed by atoms with van der Waals surface area (Å²) in [5.74, 6) is -0.00125. The van der Waals surface area contributed by atoms with Gasteiger partial charge in [-0.15, -0.1) is 0 Å². The van der Waals surface area contributed by atoms with Crippen LogP contribution in [0.1, 0.15) is 29.8 Å². The van der Waals surface area contributed by atoms with Crippen LogP contribution < -0.4 is 4.74 Å². The van der Waals surface area contributed by atoms with E-state index in [1.807, 2.05) is 0 Å². The van der Waals surface area contributed by atoms with Crippen molar-refractivity contribution >= 4 is 15.6 Å². The molecule has 100 valence electrons. The number of Topliss-reactive ketones (excluding diaryl/α,β-unsaturated/α-hetero) is 1. The summed E-state index contributed by atoms with van der Waals surface area (Å²) < 4.78 is 30.3. The molecule has 1 saturated heterocycles. The van der Waals surface area contributed by atoms with Gasteiger partial charge >= 0.3 is 0 Å². The maximum Gasteiger partial charge on any atom is 0.202 e. The van der Waals surface area contributed by atoms with Crippen LogP contribution in [0, 0.1) is 0 Å². The Morgan fingerprint density at radius 1 is 1.50 bits per heavy atom. The second-order valence-corrected chi connectivity index (χ2v) is 6.70. The first-order valence-electron chi connectivity index (χ1n) is 5.79. The average Bonchev–Trinajstić information content (AvgIpc) is 2.69. The van der Waals surface area contributed by atoms with Gasteiger partial charge in [-0.3, -0.25) is 9.48 Å². The molecule has 0 bridgehead atoms. The first-order valence-corrected chi connectivity index (χ1v) is 7.50. The van der Waals surface area contributed by atoms with Crippen LogP contribution in [0.2, 0.25) is 0 Å². The summed E-state index contributed by atoms with van der Waals surface area (Å²) in [7, 11) is -0.301. The Hall–Kier alpha value is -1.37. The van der Waals surface area contributed by atoms with E-state index in [1.54, 1.807) is 7.05 Å². The van der Waals surface area contributed by atoms with Gasteiger partial charge in [0.25, 0.3) is 0 Å². The predicted molar refractivity (Wildman–Crippen MR) is 65.5 cm³/mol. The maximum atomic E-state index is 12.4. The largest absolute Gasteiger partial charge is 0.493 e. The van der Waals surface area contributed by atoms with Crippen LogP contribution in [-0.4, -0.2) is 42.1 Å². The van der Waals surface area contributed by atoms with Gasteiger partial charge in [-0.1, -0.05) is 6.42 Å². The topological polar surface area (TPSA) is 78.3 Å². The van der Waals surface area contributed by atoms with E-state index in [0.29, 0.717) is 18.6 Å². The molecule has 1 atom stereocenters. The summed E-state index contributed by atoms with van der Waals surface area (Å²) in [6, 6.07) is 0. The zero-order valence-corrected chi connectivity index (χ0v) is 11.2. The van der Waals surface area contributed by atoms with E-state index in [4.69, 9.17) is 4.74 Å². The maximum absolute atomic E-state index is 12.4. The van der Waals surface area contributed by atoms with Gasteiger partial charge in [-0.25, -0.2) is 8.42 Å². The Balaban J connectivity index is 2.39. The highest BCUT2D eigenvalue weighted by Crippen LogP contribution is 2.26. The van der Waals surface area contributed by atoms with Crippen LogP contribution in [0.15, 0.2) is 6.20 Å². The van der Waals surface area contributed by atoms with Crippen LogP contribution in [0.5, 0.6) is 5.75 Å². The van der Waals surface area contributed by atoms with Crippen molar-refractivity contribution in [2.24, 2.45) is 7.05 Å². The Labute approximate surface area is 106 Å². The van der Waals surface area contributed by atoms with Gasteiger partial charge in [-0.2, -0.15) is 5.10 Å². The first kappa shape index (κ1) is 13.1. The Morgan fingerprint density at radius 2 is 2.22 bits per heavy atom. The molecule has 2 rings (SSSR count). The number of nitrogens with zero attached hydrogens (tertiary/aromatic N) is 2. The van der Waals surface area contributed by atoms with Crippen molar-refractivity contribution in [3.63, 3.8) is 0 Å². The average molecular weight is 272 g/mol. The molecule has 1 aromatic heterocycles. The number of aryl methyl sites for hydroxylation is 1. The zero-order valence-electron chi connectivity index (χ0n) is 10.4. The molecular weight excluding hydrogens is 256 g/mol. The summed E-state index contributed by atoms with van der Waals surface area (Å²) in [6.07, 6.45) is 3.20. The summed E-state index contributed by atoms with van der Waals surface area (Å²) >= 11 is 0. The van der Waals surface area contributed by atoms with Crippen molar-refractivity contribution in [1.29, 1.82) is 0 Å². The third-order valence-corrected chi connectivity index (χ3v) is 5.40. The highest BCUT2D eigenvalue weighted by atomic mass is 32.2. The molecule has 18 heavy (non-hydrogen) atoms. The monoisotopic (exact) mass is 272 g/mol. The van der Waals surface area contributed by atoms with Crippen molar-refractivity contribution in [2.75, 3.05) is 12.9 Å². The molecule has 1 aliphatic rings. The van der Waals surface area contributed by atoms with Gasteiger partial charge in [0.15, 0.2) is 15.6 Å². The van der Waals surface area contributed by atoms with E-state index >= 15 is 0 Å². The molecule has 6 nitrogen and oxygen atoms in total. The third-order valence-electron chi connectivity index (χ3n) is 3.23. The smallest absolute Gasteiger partial charge is 0.202 e. The van der Waals surface area contributed by atoms with Crippen molar-refractivity contribution in [1.82, 2.24) is 9.78 Å². The normalized spacial score (nSPS) is 22.7. The number of ketones is 1. The number of hydrogen-bond acceptors (Lipinski definition) is 5. The number of ether oxygens (including phenoxy) is 1. The lowest BCUT2D eigenvalue weighted by Gasteiger charge is -2.21. The van der Waals surface area contributed by atoms with E-state index in [0.717, 1.165) is 6.42 Å². The summed E-state index contributed by atoms with van der Waals surface area (Å²) in [6.45, 7) is 0. The fraction of sp³-hybridized carbons (Fsp3) is 0.636. The molecule has 7 heteroatoms. The second kappa shape index (κ2) is 4.72. The summed E-state index contributed by atoms with van der Waals surface area (Å²) in [5.41, 5.74) is 0.230. The lowest BCUT2D eigenvalue weighted by molar-refractivity contribution is 0.0969. The van der Waals surface area contributed by atoms with E-state index in [1.165, 1.54) is 18.0 Å². The molecule has 1 unspecified atom stereocenters. The number of aromatic nitrogens is 2. The highest BCUT2D eigenvalue weighted by Gasteiger charge is 2.37. The number of carbonyl (C=O) groups excluding carboxylic acids is 1. The van der Waals surface area contributed by atoms with E-state index in [2.05, 4.69) is 5.10 Å². The molecule has 0 saturated carbocycles. The van der Waals surface area contributed by atoms with Crippen molar-refractivity contribution < 1.29 is 17.9 Å². The molecule has 2 heterocycles. The van der Waals surface area contributed by atoms with Crippen LogP contribution in [0.3, 0.4) is 0 Å².